The first-order chi connectivity index (χ1) is 11.8. The van der Waals surface area contributed by atoms with Crippen LogP contribution in [0.5, 0.6) is 0 Å². The Balaban J connectivity index is 1.71. The van der Waals surface area contributed by atoms with Gasteiger partial charge in [-0.2, -0.15) is 0 Å². The molecule has 0 aliphatic heterocycles. The first kappa shape index (κ1) is 18.2. The number of hydroxylamine groups is 1. The molecule has 128 valence electrons. The summed E-state index contributed by atoms with van der Waals surface area (Å²) in [5.74, 6) is -0.395. The number of methoxy groups -OCH3 is 1. The van der Waals surface area contributed by atoms with Gasteiger partial charge in [0.1, 0.15) is 0 Å². The maximum atomic E-state index is 11.9. The molecule has 0 radical (unpaired) electrons. The van der Waals surface area contributed by atoms with E-state index >= 15 is 0 Å². The molecule has 0 aliphatic carbocycles. The van der Waals surface area contributed by atoms with Gasteiger partial charge in [0, 0.05) is 6.54 Å². The second-order valence-corrected chi connectivity index (χ2v) is 5.72. The zero-order valence-corrected chi connectivity index (χ0v) is 14.1. The van der Waals surface area contributed by atoms with Gasteiger partial charge >= 0.3 is 5.97 Å². The predicted molar refractivity (Wildman–Crippen MR) is 94.1 cm³/mol. The minimum Gasteiger partial charge on any atom is -0.469 e. The first-order valence-electron chi connectivity index (χ1n) is 8.30. The van der Waals surface area contributed by atoms with Crippen LogP contribution in [0.3, 0.4) is 0 Å². The summed E-state index contributed by atoms with van der Waals surface area (Å²) in [6.45, 7) is 0.924. The summed E-state index contributed by atoms with van der Waals surface area (Å²) >= 11 is 0. The zero-order chi connectivity index (χ0) is 17.0. The molecule has 4 heteroatoms. The van der Waals surface area contributed by atoms with E-state index in [9.17, 15) is 4.79 Å². The highest BCUT2D eigenvalue weighted by Crippen LogP contribution is 2.12. The number of carbonyl (C=O) groups excluding carboxylic acids is 1. The highest BCUT2D eigenvalue weighted by atomic mass is 16.6. The lowest BCUT2D eigenvalue weighted by Crippen LogP contribution is -2.29. The van der Waals surface area contributed by atoms with E-state index in [0.717, 1.165) is 24.8 Å². The SMILES string of the molecule is COC(=O)C(CCCc1ccccc1)CNOCc1ccccc1. The lowest BCUT2D eigenvalue weighted by atomic mass is 10.00. The molecule has 0 spiro atoms. The van der Waals surface area contributed by atoms with Crippen LogP contribution in [0.1, 0.15) is 24.0 Å². The van der Waals surface area contributed by atoms with Gasteiger partial charge in [-0.05, 0) is 30.4 Å². The van der Waals surface area contributed by atoms with Crippen molar-refractivity contribution in [2.75, 3.05) is 13.7 Å². The van der Waals surface area contributed by atoms with Crippen molar-refractivity contribution in [3.8, 4) is 0 Å². The monoisotopic (exact) mass is 327 g/mol. The summed E-state index contributed by atoms with van der Waals surface area (Å²) < 4.78 is 4.90. The molecular formula is C20H25NO3. The lowest BCUT2D eigenvalue weighted by molar-refractivity contribution is -0.146. The second kappa shape index (κ2) is 10.6. The minimum absolute atomic E-state index is 0.195. The van der Waals surface area contributed by atoms with Crippen molar-refractivity contribution in [1.82, 2.24) is 5.48 Å². The van der Waals surface area contributed by atoms with Crippen LogP contribution in [0.15, 0.2) is 60.7 Å². The van der Waals surface area contributed by atoms with E-state index in [0.29, 0.717) is 13.2 Å². The van der Waals surface area contributed by atoms with Gasteiger partial charge in [-0.3, -0.25) is 9.63 Å². The Morgan fingerprint density at radius 3 is 2.25 bits per heavy atom. The van der Waals surface area contributed by atoms with E-state index in [1.54, 1.807) is 0 Å². The molecule has 1 unspecified atom stereocenters. The molecule has 0 saturated heterocycles. The number of esters is 1. The van der Waals surface area contributed by atoms with Gasteiger partial charge in [0.05, 0.1) is 19.6 Å². The molecule has 2 aromatic rings. The van der Waals surface area contributed by atoms with Gasteiger partial charge in [-0.15, -0.1) is 0 Å². The third kappa shape index (κ3) is 6.52. The summed E-state index contributed by atoms with van der Waals surface area (Å²) in [7, 11) is 1.43. The normalized spacial score (nSPS) is 11.9. The molecule has 4 nitrogen and oxygen atoms in total. The van der Waals surface area contributed by atoms with Crippen molar-refractivity contribution < 1.29 is 14.4 Å². The number of ether oxygens (including phenoxy) is 1. The van der Waals surface area contributed by atoms with E-state index in [1.807, 2.05) is 48.5 Å². The average Bonchev–Trinajstić information content (AvgIpc) is 2.64. The lowest BCUT2D eigenvalue weighted by Gasteiger charge is -2.15. The summed E-state index contributed by atoms with van der Waals surface area (Å²) in [4.78, 5) is 17.4. The van der Waals surface area contributed by atoms with Crippen molar-refractivity contribution in [2.24, 2.45) is 5.92 Å². The van der Waals surface area contributed by atoms with Crippen molar-refractivity contribution >= 4 is 5.97 Å². The van der Waals surface area contributed by atoms with E-state index in [2.05, 4.69) is 17.6 Å². The molecule has 0 heterocycles. The highest BCUT2D eigenvalue weighted by Gasteiger charge is 2.18. The topological polar surface area (TPSA) is 47.6 Å². The van der Waals surface area contributed by atoms with Crippen molar-refractivity contribution in [3.63, 3.8) is 0 Å². The number of carbonyl (C=O) groups is 1. The van der Waals surface area contributed by atoms with Gasteiger partial charge in [0.15, 0.2) is 0 Å². The fourth-order valence-electron chi connectivity index (χ4n) is 2.54. The minimum atomic E-state index is -0.200. The number of hydrogen-bond acceptors (Lipinski definition) is 4. The molecular weight excluding hydrogens is 302 g/mol. The Labute approximate surface area is 143 Å². The zero-order valence-electron chi connectivity index (χ0n) is 14.1. The standard InChI is InChI=1S/C20H25NO3/c1-23-20(22)19(14-8-13-17-9-4-2-5-10-17)15-21-24-16-18-11-6-3-7-12-18/h2-7,9-12,19,21H,8,13-16H2,1H3. The van der Waals surface area contributed by atoms with Crippen molar-refractivity contribution in [1.29, 1.82) is 0 Å². The third-order valence-electron chi connectivity index (χ3n) is 3.91. The molecule has 0 aromatic heterocycles. The quantitative estimate of drug-likeness (QED) is 0.412. The predicted octanol–water partition coefficient (Wildman–Crippen LogP) is 3.52. The number of benzene rings is 2. The molecule has 0 saturated carbocycles. The van der Waals surface area contributed by atoms with Gasteiger partial charge in [-0.25, -0.2) is 5.48 Å². The maximum absolute atomic E-state index is 11.9. The van der Waals surface area contributed by atoms with Gasteiger partial charge in [0.2, 0.25) is 0 Å². The van der Waals surface area contributed by atoms with Crippen LogP contribution in [0.2, 0.25) is 0 Å². The van der Waals surface area contributed by atoms with Gasteiger partial charge < -0.3 is 4.74 Å². The molecule has 0 aliphatic rings. The maximum Gasteiger partial charge on any atom is 0.310 e. The molecule has 0 amide bonds. The third-order valence-corrected chi connectivity index (χ3v) is 3.91. The Morgan fingerprint density at radius 2 is 1.62 bits per heavy atom. The van der Waals surface area contributed by atoms with Crippen LogP contribution in [0.4, 0.5) is 0 Å². The molecule has 2 rings (SSSR count). The van der Waals surface area contributed by atoms with Crippen LogP contribution in [0, 0.1) is 5.92 Å². The van der Waals surface area contributed by atoms with Gasteiger partial charge in [-0.1, -0.05) is 60.7 Å². The fraction of sp³-hybridized carbons (Fsp3) is 0.350. The Morgan fingerprint density at radius 1 is 1.00 bits per heavy atom. The molecule has 24 heavy (non-hydrogen) atoms. The van der Waals surface area contributed by atoms with Crippen LogP contribution in [0.25, 0.3) is 0 Å². The Hall–Kier alpha value is -2.17. The van der Waals surface area contributed by atoms with E-state index in [1.165, 1.54) is 12.7 Å². The second-order valence-electron chi connectivity index (χ2n) is 5.72. The molecule has 0 fully saturated rings. The van der Waals surface area contributed by atoms with E-state index in [-0.39, 0.29) is 11.9 Å². The van der Waals surface area contributed by atoms with Crippen LogP contribution in [-0.2, 0) is 27.4 Å². The summed E-state index contributed by atoms with van der Waals surface area (Å²) in [5.41, 5.74) is 5.27. The summed E-state index contributed by atoms with van der Waals surface area (Å²) in [5, 5.41) is 0. The number of aryl methyl sites for hydroxylation is 1. The average molecular weight is 327 g/mol. The van der Waals surface area contributed by atoms with Crippen LogP contribution in [-0.4, -0.2) is 19.6 Å². The van der Waals surface area contributed by atoms with Crippen LogP contribution >= 0.6 is 0 Å². The van der Waals surface area contributed by atoms with Crippen molar-refractivity contribution in [2.45, 2.75) is 25.9 Å². The number of hydrogen-bond donors (Lipinski definition) is 1. The fourth-order valence-corrected chi connectivity index (χ4v) is 2.54. The largest absolute Gasteiger partial charge is 0.469 e. The number of nitrogens with one attached hydrogen (secondary N) is 1. The molecule has 2 aromatic carbocycles. The Kier molecular flexibility index (Phi) is 8.01. The van der Waals surface area contributed by atoms with E-state index < -0.39 is 0 Å². The van der Waals surface area contributed by atoms with Crippen LogP contribution < -0.4 is 5.48 Å². The number of rotatable bonds is 10. The highest BCUT2D eigenvalue weighted by molar-refractivity contribution is 5.72. The van der Waals surface area contributed by atoms with Crippen molar-refractivity contribution in [3.05, 3.63) is 71.8 Å². The van der Waals surface area contributed by atoms with Gasteiger partial charge in [0.25, 0.3) is 0 Å². The molecule has 1 N–H and O–H groups in total. The molecule has 1 atom stereocenters. The smallest absolute Gasteiger partial charge is 0.310 e. The Bertz CT molecular complexity index is 586. The summed E-state index contributed by atoms with van der Waals surface area (Å²) in [6, 6.07) is 20.2. The van der Waals surface area contributed by atoms with E-state index in [4.69, 9.17) is 9.57 Å². The molecule has 0 bridgehead atoms. The first-order valence-corrected chi connectivity index (χ1v) is 8.30. The summed E-state index contributed by atoms with van der Waals surface area (Å²) in [6.07, 6.45) is 2.66.